The van der Waals surface area contributed by atoms with Crippen molar-refractivity contribution in [1.29, 1.82) is 0 Å². The monoisotopic (exact) mass is 493 g/mol. The van der Waals surface area contributed by atoms with Crippen LogP contribution in [0.15, 0.2) is 71.3 Å². The number of rotatable bonds is 8. The van der Waals surface area contributed by atoms with Crippen LogP contribution in [0, 0.1) is 0 Å². The molecule has 4 rings (SSSR count). The van der Waals surface area contributed by atoms with Crippen LogP contribution in [-0.4, -0.2) is 34.2 Å². The van der Waals surface area contributed by atoms with Crippen LogP contribution in [0.4, 0.5) is 0 Å². The number of fused-ring (bicyclic) bond motifs is 1. The highest BCUT2D eigenvalue weighted by molar-refractivity contribution is 9.10. The van der Waals surface area contributed by atoms with Gasteiger partial charge in [-0.25, -0.2) is 0 Å². The Labute approximate surface area is 193 Å². The molecule has 32 heavy (non-hydrogen) atoms. The molecule has 0 saturated carbocycles. The fourth-order valence-corrected chi connectivity index (χ4v) is 3.72. The zero-order valence-electron chi connectivity index (χ0n) is 17.1. The molecule has 2 heterocycles. The van der Waals surface area contributed by atoms with E-state index < -0.39 is 0 Å². The fourth-order valence-electron chi connectivity index (χ4n) is 3.35. The number of hydrogen-bond acceptors (Lipinski definition) is 5. The second kappa shape index (κ2) is 9.74. The van der Waals surface area contributed by atoms with Gasteiger partial charge in [-0.15, -0.1) is 0 Å². The van der Waals surface area contributed by atoms with Crippen molar-refractivity contribution < 1.29 is 19.1 Å². The Kier molecular flexibility index (Phi) is 6.61. The van der Waals surface area contributed by atoms with Crippen molar-refractivity contribution >= 4 is 33.7 Å². The third-order valence-electron chi connectivity index (χ3n) is 5.00. The maximum Gasteiger partial charge on any atom is 0.261 e. The molecule has 3 aromatic rings. The van der Waals surface area contributed by atoms with Gasteiger partial charge in [-0.1, -0.05) is 34.1 Å². The number of pyridine rings is 1. The van der Waals surface area contributed by atoms with Crippen molar-refractivity contribution in [3.05, 3.63) is 93.7 Å². The SMILES string of the molecule is O=C(CCN1C(=O)c2ccc(Br)cc2C1=O)NCc1cccc(OCc2ccccn2)c1. The zero-order chi connectivity index (χ0) is 22.5. The summed E-state index contributed by atoms with van der Waals surface area (Å²) in [6.07, 6.45) is 1.74. The number of hydrogen-bond donors (Lipinski definition) is 1. The Morgan fingerprint density at radius 2 is 1.84 bits per heavy atom. The molecule has 1 aliphatic heterocycles. The van der Waals surface area contributed by atoms with E-state index in [4.69, 9.17) is 4.74 Å². The van der Waals surface area contributed by atoms with Gasteiger partial charge in [0.05, 0.1) is 16.8 Å². The number of nitrogens with zero attached hydrogens (tertiary/aromatic N) is 2. The topological polar surface area (TPSA) is 88.6 Å². The molecule has 8 heteroatoms. The number of carbonyl (C=O) groups is 3. The number of carbonyl (C=O) groups excluding carboxylic acids is 3. The fraction of sp³-hybridized carbons (Fsp3) is 0.167. The Bertz CT molecular complexity index is 1170. The third-order valence-corrected chi connectivity index (χ3v) is 5.49. The first kappa shape index (κ1) is 21.7. The predicted molar refractivity (Wildman–Crippen MR) is 121 cm³/mol. The number of halogens is 1. The van der Waals surface area contributed by atoms with Gasteiger partial charge in [0.1, 0.15) is 12.4 Å². The highest BCUT2D eigenvalue weighted by Gasteiger charge is 2.35. The van der Waals surface area contributed by atoms with Crippen molar-refractivity contribution in [3.63, 3.8) is 0 Å². The Morgan fingerprint density at radius 1 is 1.00 bits per heavy atom. The van der Waals surface area contributed by atoms with Crippen LogP contribution in [0.2, 0.25) is 0 Å². The zero-order valence-corrected chi connectivity index (χ0v) is 18.7. The smallest absolute Gasteiger partial charge is 0.261 e. The molecule has 3 amide bonds. The van der Waals surface area contributed by atoms with Crippen molar-refractivity contribution in [2.24, 2.45) is 0 Å². The second-order valence-electron chi connectivity index (χ2n) is 7.24. The molecule has 0 fully saturated rings. The molecular formula is C24H20BrN3O4. The van der Waals surface area contributed by atoms with E-state index in [9.17, 15) is 14.4 Å². The minimum Gasteiger partial charge on any atom is -0.487 e. The van der Waals surface area contributed by atoms with E-state index in [1.165, 1.54) is 0 Å². The average molecular weight is 494 g/mol. The summed E-state index contributed by atoms with van der Waals surface area (Å²) in [5.41, 5.74) is 2.42. The normalized spacial score (nSPS) is 12.6. The molecule has 7 nitrogen and oxygen atoms in total. The quantitative estimate of drug-likeness (QED) is 0.483. The van der Waals surface area contributed by atoms with E-state index in [0.717, 1.165) is 20.6 Å². The lowest BCUT2D eigenvalue weighted by atomic mass is 10.1. The van der Waals surface area contributed by atoms with Gasteiger partial charge in [0.2, 0.25) is 5.91 Å². The van der Waals surface area contributed by atoms with Gasteiger partial charge in [0.25, 0.3) is 11.8 Å². The summed E-state index contributed by atoms with van der Waals surface area (Å²) >= 11 is 3.31. The Hall–Kier alpha value is -3.52. The second-order valence-corrected chi connectivity index (χ2v) is 8.15. The summed E-state index contributed by atoms with van der Waals surface area (Å²) in [5, 5.41) is 2.82. The summed E-state index contributed by atoms with van der Waals surface area (Å²) in [6, 6.07) is 18.0. The van der Waals surface area contributed by atoms with Gasteiger partial charge in [-0.2, -0.15) is 0 Å². The highest BCUT2D eigenvalue weighted by Crippen LogP contribution is 2.26. The Morgan fingerprint density at radius 3 is 2.66 bits per heavy atom. The molecule has 1 aromatic heterocycles. The van der Waals surface area contributed by atoms with Crippen LogP contribution < -0.4 is 10.1 Å². The van der Waals surface area contributed by atoms with Crippen LogP contribution >= 0.6 is 15.9 Å². The first-order valence-corrected chi connectivity index (χ1v) is 10.8. The van der Waals surface area contributed by atoms with E-state index in [2.05, 4.69) is 26.2 Å². The van der Waals surface area contributed by atoms with Crippen molar-refractivity contribution in [2.75, 3.05) is 6.54 Å². The number of benzene rings is 2. The predicted octanol–water partition coefficient (Wildman–Crippen LogP) is 3.73. The number of imide groups is 1. The lowest BCUT2D eigenvalue weighted by molar-refractivity contribution is -0.121. The minimum absolute atomic E-state index is 0.0303. The van der Waals surface area contributed by atoms with Crippen LogP contribution in [0.25, 0.3) is 0 Å². The van der Waals surface area contributed by atoms with E-state index in [1.807, 2.05) is 42.5 Å². The lowest BCUT2D eigenvalue weighted by Crippen LogP contribution is -2.34. The van der Waals surface area contributed by atoms with Gasteiger partial charge < -0.3 is 10.1 Å². The Balaban J connectivity index is 1.27. The lowest BCUT2D eigenvalue weighted by Gasteiger charge is -2.13. The molecule has 0 unspecified atom stereocenters. The summed E-state index contributed by atoms with van der Waals surface area (Å²) in [5.74, 6) is -0.318. The average Bonchev–Trinajstić information content (AvgIpc) is 3.04. The molecule has 0 spiro atoms. The molecule has 0 radical (unpaired) electrons. The standard InChI is InChI=1S/C24H20BrN3O4/c25-17-7-8-20-21(13-17)24(31)28(23(20)30)11-9-22(29)27-14-16-4-3-6-19(12-16)32-15-18-5-1-2-10-26-18/h1-8,10,12-13H,9,11,14-15H2,(H,27,29). The number of aromatic nitrogens is 1. The summed E-state index contributed by atoms with van der Waals surface area (Å²) < 4.78 is 6.48. The molecule has 0 bridgehead atoms. The molecule has 1 aliphatic rings. The number of amides is 3. The van der Waals surface area contributed by atoms with Crippen molar-refractivity contribution in [1.82, 2.24) is 15.2 Å². The van der Waals surface area contributed by atoms with Gasteiger partial charge in [0.15, 0.2) is 0 Å². The molecule has 2 aromatic carbocycles. The molecule has 162 valence electrons. The maximum absolute atomic E-state index is 12.5. The summed E-state index contributed by atoms with van der Waals surface area (Å²) in [7, 11) is 0. The largest absolute Gasteiger partial charge is 0.487 e. The maximum atomic E-state index is 12.5. The first-order valence-electron chi connectivity index (χ1n) is 10.1. The van der Waals surface area contributed by atoms with Gasteiger partial charge in [-0.05, 0) is 48.0 Å². The highest BCUT2D eigenvalue weighted by atomic mass is 79.9. The summed E-state index contributed by atoms with van der Waals surface area (Å²) in [4.78, 5) is 42.6. The molecule has 0 saturated heterocycles. The van der Waals surface area contributed by atoms with Crippen LogP contribution in [0.5, 0.6) is 5.75 Å². The molecule has 1 N–H and O–H groups in total. The molecule has 0 aliphatic carbocycles. The first-order chi connectivity index (χ1) is 15.5. The minimum atomic E-state index is -0.378. The van der Waals surface area contributed by atoms with Crippen LogP contribution in [-0.2, 0) is 17.9 Å². The van der Waals surface area contributed by atoms with Crippen molar-refractivity contribution in [2.45, 2.75) is 19.6 Å². The van der Waals surface area contributed by atoms with E-state index in [0.29, 0.717) is 30.0 Å². The van der Waals surface area contributed by atoms with E-state index in [1.54, 1.807) is 24.4 Å². The van der Waals surface area contributed by atoms with Crippen LogP contribution in [0.1, 0.15) is 38.4 Å². The van der Waals surface area contributed by atoms with Gasteiger partial charge in [-0.3, -0.25) is 24.3 Å². The van der Waals surface area contributed by atoms with E-state index >= 15 is 0 Å². The van der Waals surface area contributed by atoms with E-state index in [-0.39, 0.29) is 30.7 Å². The van der Waals surface area contributed by atoms with Crippen molar-refractivity contribution in [3.8, 4) is 5.75 Å². The van der Waals surface area contributed by atoms with Gasteiger partial charge in [0, 0.05) is 30.2 Å². The molecule has 0 atom stereocenters. The molecular weight excluding hydrogens is 474 g/mol. The summed E-state index contributed by atoms with van der Waals surface area (Å²) in [6.45, 7) is 0.700. The number of ether oxygens (including phenoxy) is 1. The third kappa shape index (κ3) is 5.03. The van der Waals surface area contributed by atoms with Gasteiger partial charge >= 0.3 is 0 Å². The number of nitrogens with one attached hydrogen (secondary N) is 1. The van der Waals surface area contributed by atoms with Crippen LogP contribution in [0.3, 0.4) is 0 Å².